The molecular weight excluding hydrogens is 438 g/mol. The van der Waals surface area contributed by atoms with Crippen molar-refractivity contribution in [2.24, 2.45) is 0 Å². The van der Waals surface area contributed by atoms with E-state index in [9.17, 15) is 44.2 Å². The third-order valence-electron chi connectivity index (χ3n) is 4.63. The summed E-state index contributed by atoms with van der Waals surface area (Å²) in [7, 11) is -4.30. The van der Waals surface area contributed by atoms with E-state index in [-0.39, 0.29) is 0 Å². The van der Waals surface area contributed by atoms with Crippen molar-refractivity contribution in [1.29, 1.82) is 0 Å². The Morgan fingerprint density at radius 3 is 1.87 bits per heavy atom. The van der Waals surface area contributed by atoms with Gasteiger partial charge in [0.25, 0.3) is 10.1 Å². The number of nitrogens with one attached hydrogen (secondary N) is 1. The van der Waals surface area contributed by atoms with E-state index in [1.165, 1.54) is 0 Å². The molecule has 0 aromatic heterocycles. The molecule has 30 heavy (non-hydrogen) atoms. The molecule has 0 amide bonds. The highest BCUT2D eigenvalue weighted by Gasteiger charge is 2.51. The predicted octanol–water partition coefficient (Wildman–Crippen LogP) is -5.98. The van der Waals surface area contributed by atoms with Gasteiger partial charge in [0.15, 0.2) is 6.29 Å². The Morgan fingerprint density at radius 2 is 1.33 bits per heavy atom. The summed E-state index contributed by atoms with van der Waals surface area (Å²) in [6.45, 7) is -1.87. The maximum atomic E-state index is 10.7. The third kappa shape index (κ3) is 6.24. The Kier molecular flexibility index (Phi) is 9.28. The molecule has 9 N–H and O–H groups in total. The number of hydrogen-bond acceptors (Lipinski definition) is 14. The molecule has 2 aliphatic heterocycles. The molecule has 0 radical (unpaired) electrons. The van der Waals surface area contributed by atoms with Crippen LogP contribution in [-0.2, 0) is 29.2 Å². The number of hydrogen-bond donors (Lipinski definition) is 9. The van der Waals surface area contributed by atoms with E-state index in [1.807, 2.05) is 0 Å². The molecular formula is C14H27NO14S. The second kappa shape index (κ2) is 10.8. The monoisotopic (exact) mass is 465 g/mol. The largest absolute Gasteiger partial charge is 0.394 e. The van der Waals surface area contributed by atoms with Gasteiger partial charge in [-0.2, -0.15) is 13.9 Å². The molecule has 2 saturated heterocycles. The van der Waals surface area contributed by atoms with E-state index in [0.717, 1.165) is 0 Å². The molecule has 0 aromatic carbocycles. The van der Waals surface area contributed by atoms with Gasteiger partial charge in [-0.3, -0.25) is 9.39 Å². The second-order valence-corrected chi connectivity index (χ2v) is 8.37. The first-order chi connectivity index (χ1) is 14.0. The van der Waals surface area contributed by atoms with Crippen molar-refractivity contribution in [2.75, 3.05) is 25.5 Å². The highest BCUT2D eigenvalue weighted by atomic mass is 32.2. The van der Waals surface area contributed by atoms with Crippen molar-refractivity contribution in [3.63, 3.8) is 0 Å². The van der Waals surface area contributed by atoms with Gasteiger partial charge < -0.3 is 50.0 Å². The summed E-state index contributed by atoms with van der Waals surface area (Å²) in [5, 5.41) is 68.6. The maximum Gasteiger partial charge on any atom is 0.266 e. The Bertz CT molecular complexity index is 634. The topological polar surface area (TPSA) is 245 Å². The molecule has 2 aliphatic rings. The summed E-state index contributed by atoms with van der Waals surface area (Å²) in [5.74, 6) is -0.730. The zero-order chi connectivity index (χ0) is 22.6. The fourth-order valence-electron chi connectivity index (χ4n) is 2.94. The predicted molar refractivity (Wildman–Crippen MR) is 91.9 cm³/mol. The van der Waals surface area contributed by atoms with Gasteiger partial charge in [-0.1, -0.05) is 0 Å². The average molecular weight is 465 g/mol. The van der Waals surface area contributed by atoms with Gasteiger partial charge in [0.1, 0.15) is 48.8 Å². The lowest BCUT2D eigenvalue weighted by molar-refractivity contribution is -0.373. The lowest BCUT2D eigenvalue weighted by Crippen LogP contribution is -2.65. The first-order valence-electron chi connectivity index (χ1n) is 8.92. The van der Waals surface area contributed by atoms with Crippen molar-refractivity contribution in [3.05, 3.63) is 0 Å². The molecule has 2 rings (SSSR count). The van der Waals surface area contributed by atoms with Gasteiger partial charge in [0.2, 0.25) is 6.29 Å². The molecule has 0 spiro atoms. The van der Waals surface area contributed by atoms with Crippen LogP contribution in [0.3, 0.4) is 0 Å². The van der Waals surface area contributed by atoms with Crippen LogP contribution in [0.15, 0.2) is 0 Å². The Morgan fingerprint density at radius 1 is 0.800 bits per heavy atom. The van der Waals surface area contributed by atoms with Crippen molar-refractivity contribution >= 4 is 10.1 Å². The summed E-state index contributed by atoms with van der Waals surface area (Å²) in [6, 6.07) is 0. The van der Waals surface area contributed by atoms with Crippen molar-refractivity contribution < 1.29 is 67.8 Å². The molecule has 10 atom stereocenters. The van der Waals surface area contributed by atoms with Gasteiger partial charge in [0, 0.05) is 6.54 Å². The second-order valence-electron chi connectivity index (χ2n) is 6.80. The number of rotatable bonds is 9. The number of aliphatic hydroxyl groups is 7. The Hall–Kier alpha value is -0.570. The van der Waals surface area contributed by atoms with Crippen LogP contribution in [0.1, 0.15) is 0 Å². The van der Waals surface area contributed by atoms with Crippen LogP contribution in [0.25, 0.3) is 0 Å². The van der Waals surface area contributed by atoms with Gasteiger partial charge in [-0.15, -0.1) is 0 Å². The fraction of sp³-hybridized carbons (Fsp3) is 1.00. The molecule has 0 saturated carbocycles. The maximum absolute atomic E-state index is 10.7. The first kappa shape index (κ1) is 25.7. The summed E-state index contributed by atoms with van der Waals surface area (Å²) in [6.07, 6.45) is -16.2. The molecule has 15 nitrogen and oxygen atoms in total. The number of hydroxylamine groups is 1. The lowest BCUT2D eigenvalue weighted by atomic mass is 9.97. The fourth-order valence-corrected chi connectivity index (χ4v) is 3.28. The van der Waals surface area contributed by atoms with Crippen LogP contribution in [0.5, 0.6) is 0 Å². The quantitative estimate of drug-likeness (QED) is 0.0873. The summed E-state index contributed by atoms with van der Waals surface area (Å²) >= 11 is 0. The van der Waals surface area contributed by atoms with E-state index in [1.54, 1.807) is 0 Å². The van der Waals surface area contributed by atoms with E-state index in [0.29, 0.717) is 0 Å². The molecule has 2 heterocycles. The first-order valence-corrected chi connectivity index (χ1v) is 10.5. The third-order valence-corrected chi connectivity index (χ3v) is 5.35. The SMILES string of the molecule is O=S(=O)(O)CCNOC1OC(CO)C(O)C(O)C1OC1OC(CO)C(O)C(O)C1O. The molecule has 2 fully saturated rings. The van der Waals surface area contributed by atoms with Crippen LogP contribution in [0.4, 0.5) is 0 Å². The van der Waals surface area contributed by atoms with Crippen LogP contribution < -0.4 is 5.48 Å². The minimum absolute atomic E-state index is 0.409. The highest BCUT2D eigenvalue weighted by Crippen LogP contribution is 2.29. The summed E-state index contributed by atoms with van der Waals surface area (Å²) in [5.41, 5.74) is 2.15. The zero-order valence-electron chi connectivity index (χ0n) is 15.5. The highest BCUT2D eigenvalue weighted by molar-refractivity contribution is 7.85. The van der Waals surface area contributed by atoms with Crippen LogP contribution >= 0.6 is 0 Å². The van der Waals surface area contributed by atoms with E-state index < -0.39 is 97.0 Å². The van der Waals surface area contributed by atoms with Crippen molar-refractivity contribution in [2.45, 2.75) is 61.4 Å². The standard InChI is InChI=1S/C14H27NO14S/c16-3-5-7(18)9(20)11(22)13(26-5)28-12-10(21)8(19)6(4-17)27-14(12)29-15-1-2-30(23,24)25/h5-22H,1-4H2,(H,23,24,25). The van der Waals surface area contributed by atoms with Gasteiger partial charge >= 0.3 is 0 Å². The van der Waals surface area contributed by atoms with Gasteiger partial charge in [0.05, 0.1) is 19.0 Å². The van der Waals surface area contributed by atoms with Crippen molar-refractivity contribution in [1.82, 2.24) is 5.48 Å². The zero-order valence-corrected chi connectivity index (χ0v) is 16.4. The summed E-state index contributed by atoms with van der Waals surface area (Å²) < 4.78 is 46.0. The Labute approximate surface area is 171 Å². The molecule has 0 bridgehead atoms. The number of ether oxygens (including phenoxy) is 3. The van der Waals surface area contributed by atoms with E-state index >= 15 is 0 Å². The molecule has 16 heteroatoms. The Balaban J connectivity index is 2.11. The van der Waals surface area contributed by atoms with Gasteiger partial charge in [-0.25, -0.2) is 0 Å². The molecule has 0 aromatic rings. The van der Waals surface area contributed by atoms with Crippen LogP contribution in [0.2, 0.25) is 0 Å². The average Bonchev–Trinajstić information content (AvgIpc) is 2.69. The van der Waals surface area contributed by atoms with E-state index in [2.05, 4.69) is 5.48 Å². The number of aliphatic hydroxyl groups excluding tert-OH is 7. The molecule has 0 aliphatic carbocycles. The lowest BCUT2D eigenvalue weighted by Gasteiger charge is -2.45. The van der Waals surface area contributed by atoms with Gasteiger partial charge in [-0.05, 0) is 0 Å². The smallest absolute Gasteiger partial charge is 0.266 e. The van der Waals surface area contributed by atoms with Crippen LogP contribution in [0, 0.1) is 0 Å². The molecule has 10 unspecified atom stereocenters. The van der Waals surface area contributed by atoms with E-state index in [4.69, 9.17) is 23.6 Å². The summed E-state index contributed by atoms with van der Waals surface area (Å²) in [4.78, 5) is 5.07. The normalized spacial score (nSPS) is 42.9. The van der Waals surface area contributed by atoms with Crippen molar-refractivity contribution in [3.8, 4) is 0 Å². The minimum Gasteiger partial charge on any atom is -0.394 e. The molecule has 178 valence electrons. The minimum atomic E-state index is -4.30. The van der Waals surface area contributed by atoms with Crippen LogP contribution in [-0.4, -0.2) is 136 Å².